The van der Waals surface area contributed by atoms with Gasteiger partial charge < -0.3 is 9.84 Å². The predicted molar refractivity (Wildman–Crippen MR) is 130 cm³/mol. The fourth-order valence-corrected chi connectivity index (χ4v) is 4.59. The van der Waals surface area contributed by atoms with Crippen LogP contribution in [-0.2, 0) is 9.53 Å². The molecule has 2 aliphatic rings. The van der Waals surface area contributed by atoms with E-state index >= 15 is 0 Å². The molecule has 2 rings (SSSR count). The van der Waals surface area contributed by atoms with Gasteiger partial charge in [0, 0.05) is 5.92 Å². The Morgan fingerprint density at radius 2 is 1.90 bits per heavy atom. The molecular formula is C28H44O3. The van der Waals surface area contributed by atoms with Crippen LogP contribution in [0.5, 0.6) is 0 Å². The van der Waals surface area contributed by atoms with E-state index < -0.39 is 5.97 Å². The summed E-state index contributed by atoms with van der Waals surface area (Å²) in [5, 5.41) is 8.96. The molecular weight excluding hydrogens is 384 g/mol. The Morgan fingerprint density at radius 1 is 1.23 bits per heavy atom. The standard InChI is InChI=1S/C28H44O3/c1-20(12-8-14-23(4)27(29)30)10-7-11-21(2)13-9-18-28(6)19-17-25-16-15-22(3)24(5)26(25)31-28/h10,13,15-16,23-24,26H,7-9,11-12,14,17-19H2,1-6H3,(H,29,30). The van der Waals surface area contributed by atoms with Crippen LogP contribution in [0.15, 0.2) is 46.6 Å². The molecule has 1 aliphatic heterocycles. The zero-order valence-corrected chi connectivity index (χ0v) is 20.7. The Balaban J connectivity index is 1.71. The quantitative estimate of drug-likeness (QED) is 0.342. The highest BCUT2D eigenvalue weighted by Crippen LogP contribution is 2.41. The molecule has 0 saturated carbocycles. The van der Waals surface area contributed by atoms with E-state index in [9.17, 15) is 4.79 Å². The minimum atomic E-state index is -0.688. The number of allylic oxidation sites excluding steroid dienone is 6. The lowest BCUT2D eigenvalue weighted by Gasteiger charge is -2.44. The van der Waals surface area contributed by atoms with Crippen molar-refractivity contribution in [2.75, 3.05) is 0 Å². The molecule has 0 aromatic carbocycles. The Morgan fingerprint density at radius 3 is 2.61 bits per heavy atom. The molecule has 1 fully saturated rings. The second-order valence-electron chi connectivity index (χ2n) is 10.2. The van der Waals surface area contributed by atoms with E-state index in [2.05, 4.69) is 58.9 Å². The van der Waals surface area contributed by atoms with E-state index in [0.29, 0.717) is 5.92 Å². The molecule has 4 unspecified atom stereocenters. The summed E-state index contributed by atoms with van der Waals surface area (Å²) in [4.78, 5) is 10.9. The summed E-state index contributed by atoms with van der Waals surface area (Å²) in [6.45, 7) is 13.0. The minimum absolute atomic E-state index is 0.0196. The van der Waals surface area contributed by atoms with Crippen LogP contribution in [-0.4, -0.2) is 22.8 Å². The number of carbonyl (C=O) groups is 1. The topological polar surface area (TPSA) is 46.5 Å². The van der Waals surface area contributed by atoms with Crippen molar-refractivity contribution < 1.29 is 14.6 Å². The summed E-state index contributed by atoms with van der Waals surface area (Å²) < 4.78 is 6.64. The van der Waals surface area contributed by atoms with E-state index in [1.54, 1.807) is 6.92 Å². The van der Waals surface area contributed by atoms with Crippen molar-refractivity contribution in [2.24, 2.45) is 11.8 Å². The molecule has 0 spiro atoms. The van der Waals surface area contributed by atoms with Gasteiger partial charge >= 0.3 is 5.97 Å². The average molecular weight is 429 g/mol. The van der Waals surface area contributed by atoms with E-state index in [1.165, 1.54) is 22.3 Å². The van der Waals surface area contributed by atoms with Gasteiger partial charge in [-0.3, -0.25) is 4.79 Å². The molecule has 4 atom stereocenters. The van der Waals surface area contributed by atoms with Crippen LogP contribution in [0.4, 0.5) is 0 Å². The monoisotopic (exact) mass is 428 g/mol. The van der Waals surface area contributed by atoms with E-state index in [-0.39, 0.29) is 17.6 Å². The lowest BCUT2D eigenvalue weighted by atomic mass is 9.78. The van der Waals surface area contributed by atoms with Crippen molar-refractivity contribution in [2.45, 2.75) is 111 Å². The van der Waals surface area contributed by atoms with Crippen LogP contribution in [0.2, 0.25) is 0 Å². The molecule has 3 heteroatoms. The summed E-state index contributed by atoms with van der Waals surface area (Å²) >= 11 is 0. The van der Waals surface area contributed by atoms with E-state index in [1.807, 2.05) is 0 Å². The van der Waals surface area contributed by atoms with Gasteiger partial charge in [0.2, 0.25) is 0 Å². The number of ether oxygens (including phenoxy) is 1. The Kier molecular flexibility index (Phi) is 9.81. The number of rotatable bonds is 11. The van der Waals surface area contributed by atoms with Gasteiger partial charge in [0.25, 0.3) is 0 Å². The molecule has 1 aliphatic carbocycles. The van der Waals surface area contributed by atoms with Crippen molar-refractivity contribution in [1.82, 2.24) is 0 Å². The smallest absolute Gasteiger partial charge is 0.306 e. The van der Waals surface area contributed by atoms with Gasteiger partial charge in [-0.1, -0.05) is 54.9 Å². The molecule has 0 amide bonds. The van der Waals surface area contributed by atoms with Crippen molar-refractivity contribution >= 4 is 5.97 Å². The number of aliphatic carboxylic acids is 1. The molecule has 0 aromatic heterocycles. The van der Waals surface area contributed by atoms with Crippen LogP contribution >= 0.6 is 0 Å². The maximum absolute atomic E-state index is 10.9. The van der Waals surface area contributed by atoms with Gasteiger partial charge in [-0.25, -0.2) is 0 Å². The maximum Gasteiger partial charge on any atom is 0.306 e. The summed E-state index contributed by atoms with van der Waals surface area (Å²) in [7, 11) is 0. The fraction of sp³-hybridized carbons (Fsp3) is 0.679. The van der Waals surface area contributed by atoms with Gasteiger partial charge in [-0.15, -0.1) is 0 Å². The summed E-state index contributed by atoms with van der Waals surface area (Å²) in [5.74, 6) is -0.441. The molecule has 31 heavy (non-hydrogen) atoms. The number of hydrogen-bond donors (Lipinski definition) is 1. The van der Waals surface area contributed by atoms with Crippen LogP contribution in [0.25, 0.3) is 0 Å². The molecule has 0 aromatic rings. The maximum atomic E-state index is 10.9. The third-order valence-electron chi connectivity index (χ3n) is 7.28. The van der Waals surface area contributed by atoms with Crippen LogP contribution in [0.3, 0.4) is 0 Å². The fourth-order valence-electron chi connectivity index (χ4n) is 4.59. The van der Waals surface area contributed by atoms with Gasteiger partial charge in [0.1, 0.15) is 0 Å². The van der Waals surface area contributed by atoms with Gasteiger partial charge in [-0.05, 0) is 91.1 Å². The number of fused-ring (bicyclic) bond motifs is 1. The van der Waals surface area contributed by atoms with Crippen molar-refractivity contribution in [1.29, 1.82) is 0 Å². The summed E-state index contributed by atoms with van der Waals surface area (Å²) in [6.07, 6.45) is 18.8. The lowest BCUT2D eigenvalue weighted by Crippen LogP contribution is -2.43. The molecule has 1 N–H and O–H groups in total. The van der Waals surface area contributed by atoms with Gasteiger partial charge in [0.05, 0.1) is 17.6 Å². The molecule has 1 saturated heterocycles. The second-order valence-corrected chi connectivity index (χ2v) is 10.2. The second kappa shape index (κ2) is 11.9. The highest BCUT2D eigenvalue weighted by molar-refractivity contribution is 5.69. The molecule has 1 heterocycles. The zero-order valence-electron chi connectivity index (χ0n) is 20.7. The third kappa shape index (κ3) is 8.11. The summed E-state index contributed by atoms with van der Waals surface area (Å²) in [5.41, 5.74) is 5.71. The van der Waals surface area contributed by atoms with Crippen LogP contribution in [0.1, 0.15) is 99.3 Å². The highest BCUT2D eigenvalue weighted by atomic mass is 16.5. The first kappa shape index (κ1) is 25.6. The lowest BCUT2D eigenvalue weighted by molar-refractivity contribution is -0.141. The first-order valence-electron chi connectivity index (χ1n) is 12.2. The van der Waals surface area contributed by atoms with Crippen molar-refractivity contribution in [3.8, 4) is 0 Å². The van der Waals surface area contributed by atoms with Crippen molar-refractivity contribution in [3.63, 3.8) is 0 Å². The van der Waals surface area contributed by atoms with Crippen LogP contribution in [0, 0.1) is 11.8 Å². The number of carboxylic acid groups (broad SMARTS) is 1. The Bertz CT molecular complexity index is 739. The first-order chi connectivity index (χ1) is 14.6. The summed E-state index contributed by atoms with van der Waals surface area (Å²) in [6, 6.07) is 0. The zero-order chi connectivity index (χ0) is 23.0. The normalized spacial score (nSPS) is 27.9. The third-order valence-corrected chi connectivity index (χ3v) is 7.28. The molecule has 3 nitrogen and oxygen atoms in total. The molecule has 0 radical (unpaired) electrons. The molecule has 174 valence electrons. The van der Waals surface area contributed by atoms with E-state index in [4.69, 9.17) is 9.84 Å². The molecule has 0 bridgehead atoms. The Labute approximate surface area is 190 Å². The average Bonchev–Trinajstić information content (AvgIpc) is 2.71. The largest absolute Gasteiger partial charge is 0.481 e. The van der Waals surface area contributed by atoms with Crippen LogP contribution < -0.4 is 0 Å². The van der Waals surface area contributed by atoms with Crippen molar-refractivity contribution in [3.05, 3.63) is 46.6 Å². The predicted octanol–water partition coefficient (Wildman–Crippen LogP) is 7.79. The van der Waals surface area contributed by atoms with E-state index in [0.717, 1.165) is 57.8 Å². The SMILES string of the molecule is CC(=CCCC1(C)CCC2=CC=C(C)C(C)C2O1)CCC=C(C)CCCC(C)C(=O)O. The highest BCUT2D eigenvalue weighted by Gasteiger charge is 2.38. The number of hydrogen-bond acceptors (Lipinski definition) is 2. The van der Waals surface area contributed by atoms with Gasteiger partial charge in [-0.2, -0.15) is 0 Å². The minimum Gasteiger partial charge on any atom is -0.481 e. The Hall–Kier alpha value is -1.61. The first-order valence-corrected chi connectivity index (χ1v) is 12.2. The van der Waals surface area contributed by atoms with Gasteiger partial charge in [0.15, 0.2) is 0 Å². The number of carboxylic acids is 1.